The summed E-state index contributed by atoms with van der Waals surface area (Å²) in [5, 5.41) is 0. The third-order valence-corrected chi connectivity index (χ3v) is 6.58. The van der Waals surface area contributed by atoms with Crippen LogP contribution in [0.5, 0.6) is 5.75 Å². The van der Waals surface area contributed by atoms with Gasteiger partial charge in [0, 0.05) is 37.8 Å². The maximum Gasteiger partial charge on any atom is 0.253 e. The second-order valence-electron chi connectivity index (χ2n) is 9.01. The highest BCUT2D eigenvalue weighted by Gasteiger charge is 2.23. The van der Waals surface area contributed by atoms with E-state index in [1.165, 1.54) is 19.5 Å². The Labute approximate surface area is 186 Å². The molecule has 0 radical (unpaired) electrons. The lowest BCUT2D eigenvalue weighted by Crippen LogP contribution is -2.32. The number of hydrogen-bond donors (Lipinski definition) is 0. The highest BCUT2D eigenvalue weighted by atomic mass is 16.5. The van der Waals surface area contributed by atoms with Crippen LogP contribution < -0.4 is 4.74 Å². The van der Waals surface area contributed by atoms with Gasteiger partial charge in [-0.3, -0.25) is 4.79 Å². The van der Waals surface area contributed by atoms with Crippen molar-refractivity contribution in [3.63, 3.8) is 0 Å². The van der Waals surface area contributed by atoms with E-state index in [4.69, 9.17) is 4.74 Å². The van der Waals surface area contributed by atoms with E-state index < -0.39 is 0 Å². The van der Waals surface area contributed by atoms with Crippen LogP contribution in [0.1, 0.15) is 36.0 Å². The van der Waals surface area contributed by atoms with Gasteiger partial charge in [-0.25, -0.2) is 0 Å². The summed E-state index contributed by atoms with van der Waals surface area (Å²) in [5.74, 6) is 1.07. The lowest BCUT2D eigenvalue weighted by molar-refractivity contribution is 0.0793. The van der Waals surface area contributed by atoms with Gasteiger partial charge in [-0.05, 0) is 81.7 Å². The van der Waals surface area contributed by atoms with E-state index in [0.29, 0.717) is 6.04 Å². The van der Waals surface area contributed by atoms with Gasteiger partial charge >= 0.3 is 0 Å². The Morgan fingerprint density at radius 1 is 0.968 bits per heavy atom. The number of likely N-dealkylation sites (tertiary alicyclic amines) is 2. The molecule has 5 heteroatoms. The van der Waals surface area contributed by atoms with E-state index in [0.717, 1.165) is 67.9 Å². The molecule has 0 spiro atoms. The molecule has 1 amide bonds. The van der Waals surface area contributed by atoms with Crippen LogP contribution in [0.3, 0.4) is 0 Å². The number of carbonyl (C=O) groups is 1. The molecule has 5 nitrogen and oxygen atoms in total. The Morgan fingerprint density at radius 3 is 2.23 bits per heavy atom. The van der Waals surface area contributed by atoms with Gasteiger partial charge in [-0.15, -0.1) is 0 Å². The fraction of sp³-hybridized carbons (Fsp3) is 0.500. The van der Waals surface area contributed by atoms with Gasteiger partial charge in [0.25, 0.3) is 5.91 Å². The van der Waals surface area contributed by atoms with E-state index in [9.17, 15) is 4.79 Å². The molecular weight excluding hydrogens is 386 g/mol. The second-order valence-corrected chi connectivity index (χ2v) is 9.01. The summed E-state index contributed by atoms with van der Waals surface area (Å²) in [4.78, 5) is 19.3. The van der Waals surface area contributed by atoms with Gasteiger partial charge in [-0.2, -0.15) is 0 Å². The Kier molecular flexibility index (Phi) is 7.25. The predicted molar refractivity (Wildman–Crippen MR) is 126 cm³/mol. The zero-order chi connectivity index (χ0) is 21.6. The zero-order valence-electron chi connectivity index (χ0n) is 18.9. The summed E-state index contributed by atoms with van der Waals surface area (Å²) in [6.07, 6.45) is 4.55. The minimum Gasteiger partial charge on any atom is -0.494 e. The molecule has 2 aliphatic heterocycles. The monoisotopic (exact) mass is 421 g/mol. The molecule has 166 valence electrons. The number of hydrogen-bond acceptors (Lipinski definition) is 4. The summed E-state index contributed by atoms with van der Waals surface area (Å²) in [7, 11) is 4.34. The van der Waals surface area contributed by atoms with Gasteiger partial charge in [-0.1, -0.05) is 24.3 Å². The van der Waals surface area contributed by atoms with Crippen molar-refractivity contribution in [3.8, 4) is 16.9 Å². The molecule has 0 unspecified atom stereocenters. The fourth-order valence-electron chi connectivity index (χ4n) is 4.57. The van der Waals surface area contributed by atoms with Gasteiger partial charge < -0.3 is 19.4 Å². The first-order valence-corrected chi connectivity index (χ1v) is 11.6. The van der Waals surface area contributed by atoms with Crippen molar-refractivity contribution in [2.75, 3.05) is 53.4 Å². The van der Waals surface area contributed by atoms with Gasteiger partial charge in [0.05, 0.1) is 6.61 Å². The molecule has 1 atom stereocenters. The van der Waals surface area contributed by atoms with Crippen LogP contribution in [0.4, 0.5) is 0 Å². The molecule has 2 fully saturated rings. The molecule has 2 saturated heterocycles. The van der Waals surface area contributed by atoms with E-state index in [-0.39, 0.29) is 5.91 Å². The van der Waals surface area contributed by atoms with E-state index in [1.54, 1.807) is 0 Å². The van der Waals surface area contributed by atoms with Crippen molar-refractivity contribution in [2.45, 2.75) is 31.7 Å². The summed E-state index contributed by atoms with van der Waals surface area (Å²) < 4.78 is 5.95. The quantitative estimate of drug-likeness (QED) is 0.604. The predicted octanol–water partition coefficient (Wildman–Crippen LogP) is 3.99. The van der Waals surface area contributed by atoms with Crippen LogP contribution in [0, 0.1) is 0 Å². The highest BCUT2D eigenvalue weighted by Crippen LogP contribution is 2.24. The first-order valence-electron chi connectivity index (χ1n) is 11.6. The average molecular weight is 422 g/mol. The van der Waals surface area contributed by atoms with Crippen molar-refractivity contribution in [3.05, 3.63) is 54.1 Å². The largest absolute Gasteiger partial charge is 0.494 e. The Morgan fingerprint density at radius 2 is 1.61 bits per heavy atom. The summed E-state index contributed by atoms with van der Waals surface area (Å²) in [5.41, 5.74) is 3.04. The molecule has 0 N–H and O–H groups in total. The van der Waals surface area contributed by atoms with Crippen LogP contribution in [-0.4, -0.2) is 80.1 Å². The standard InChI is InChI=1S/C26H35N3O2/c1-27(2)24-14-18-28(20-24)15-5-19-31-25-12-10-22(11-13-25)21-6-8-23(9-7-21)26(30)29-16-3-4-17-29/h6-13,24H,3-5,14-20H2,1-2H3/t24-/m1/s1. The average Bonchev–Trinajstić information content (AvgIpc) is 3.49. The van der Waals surface area contributed by atoms with Crippen molar-refractivity contribution in [1.29, 1.82) is 0 Å². The molecule has 2 aromatic rings. The summed E-state index contributed by atoms with van der Waals surface area (Å²) in [6, 6.07) is 16.9. The molecule has 4 rings (SSSR count). The molecule has 0 bridgehead atoms. The van der Waals surface area contributed by atoms with E-state index in [2.05, 4.69) is 36.0 Å². The number of amides is 1. The second kappa shape index (κ2) is 10.3. The normalized spacial score (nSPS) is 19.3. The van der Waals surface area contributed by atoms with E-state index >= 15 is 0 Å². The maximum atomic E-state index is 12.5. The third kappa shape index (κ3) is 5.66. The molecule has 2 aliphatic rings. The van der Waals surface area contributed by atoms with Crippen LogP contribution in [-0.2, 0) is 0 Å². The first kappa shape index (κ1) is 21.8. The van der Waals surface area contributed by atoms with Crippen LogP contribution in [0.2, 0.25) is 0 Å². The lowest BCUT2D eigenvalue weighted by Gasteiger charge is -2.20. The SMILES string of the molecule is CN(C)[C@@H]1CCN(CCCOc2ccc(-c3ccc(C(=O)N4CCCC4)cc3)cc2)C1. The molecule has 0 aliphatic carbocycles. The van der Waals surface area contributed by atoms with Crippen molar-refractivity contribution in [1.82, 2.24) is 14.7 Å². The van der Waals surface area contributed by atoms with Crippen LogP contribution >= 0.6 is 0 Å². The smallest absolute Gasteiger partial charge is 0.253 e. The molecule has 2 heterocycles. The van der Waals surface area contributed by atoms with Crippen molar-refractivity contribution >= 4 is 5.91 Å². The number of benzene rings is 2. The van der Waals surface area contributed by atoms with Gasteiger partial charge in [0.15, 0.2) is 0 Å². The summed E-state index contributed by atoms with van der Waals surface area (Å²) in [6.45, 7) is 5.98. The number of ether oxygens (including phenoxy) is 1. The zero-order valence-corrected chi connectivity index (χ0v) is 18.9. The summed E-state index contributed by atoms with van der Waals surface area (Å²) >= 11 is 0. The van der Waals surface area contributed by atoms with Gasteiger partial charge in [0.2, 0.25) is 0 Å². The molecule has 31 heavy (non-hydrogen) atoms. The number of rotatable bonds is 8. The van der Waals surface area contributed by atoms with Crippen LogP contribution in [0.25, 0.3) is 11.1 Å². The number of carbonyl (C=O) groups excluding carboxylic acids is 1. The number of likely N-dealkylation sites (N-methyl/N-ethyl adjacent to an activating group) is 1. The molecule has 0 aromatic heterocycles. The minimum absolute atomic E-state index is 0.152. The van der Waals surface area contributed by atoms with Crippen molar-refractivity contribution < 1.29 is 9.53 Å². The Bertz CT molecular complexity index is 842. The maximum absolute atomic E-state index is 12.5. The van der Waals surface area contributed by atoms with Gasteiger partial charge in [0.1, 0.15) is 5.75 Å². The van der Waals surface area contributed by atoms with Crippen molar-refractivity contribution in [2.24, 2.45) is 0 Å². The third-order valence-electron chi connectivity index (χ3n) is 6.58. The molecule has 2 aromatic carbocycles. The Hall–Kier alpha value is -2.37. The Balaban J connectivity index is 1.23. The molecule has 0 saturated carbocycles. The van der Waals surface area contributed by atoms with E-state index in [1.807, 2.05) is 41.3 Å². The fourth-order valence-corrected chi connectivity index (χ4v) is 4.57. The van der Waals surface area contributed by atoms with Crippen LogP contribution in [0.15, 0.2) is 48.5 Å². The lowest BCUT2D eigenvalue weighted by atomic mass is 10.0. The highest BCUT2D eigenvalue weighted by molar-refractivity contribution is 5.94. The minimum atomic E-state index is 0.152. The first-order chi connectivity index (χ1) is 15.1. The molecular formula is C26H35N3O2. The number of nitrogens with zero attached hydrogens (tertiary/aromatic N) is 3. The topological polar surface area (TPSA) is 36.0 Å².